The topological polar surface area (TPSA) is 67.7 Å². The van der Waals surface area contributed by atoms with Crippen molar-refractivity contribution in [1.82, 2.24) is 19.6 Å². The Morgan fingerprint density at radius 1 is 1.16 bits per heavy atom. The van der Waals surface area contributed by atoms with Crippen molar-refractivity contribution < 1.29 is 14.3 Å². The number of rotatable bonds is 3. The van der Waals surface area contributed by atoms with Gasteiger partial charge >= 0.3 is 0 Å². The molecule has 1 aromatic carbocycles. The number of amides is 2. The van der Waals surface area contributed by atoms with E-state index in [9.17, 15) is 9.59 Å². The number of hydrogen-bond acceptors (Lipinski definition) is 4. The number of carbonyl (C=O) groups excluding carboxylic acids is 2. The van der Waals surface area contributed by atoms with Crippen molar-refractivity contribution in [2.45, 2.75) is 57.4 Å². The molecule has 7 nitrogen and oxygen atoms in total. The zero-order valence-corrected chi connectivity index (χ0v) is 19.0. The molecule has 0 radical (unpaired) electrons. The number of nitrogens with zero attached hydrogens (tertiary/aromatic N) is 4. The van der Waals surface area contributed by atoms with Crippen molar-refractivity contribution in [3.05, 3.63) is 47.8 Å². The minimum atomic E-state index is 0.0159. The Labute approximate surface area is 190 Å². The van der Waals surface area contributed by atoms with E-state index in [4.69, 9.17) is 4.74 Å². The fourth-order valence-electron chi connectivity index (χ4n) is 4.78. The number of hydrogen-bond donors (Lipinski definition) is 0. The summed E-state index contributed by atoms with van der Waals surface area (Å²) in [6, 6.07) is 10.4. The summed E-state index contributed by atoms with van der Waals surface area (Å²) < 4.78 is 7.74. The third kappa shape index (κ3) is 5.69. The molecule has 7 heteroatoms. The molecule has 1 fully saturated rings. The van der Waals surface area contributed by atoms with Gasteiger partial charge in [0.15, 0.2) is 0 Å². The lowest BCUT2D eigenvalue weighted by molar-refractivity contribution is -0.143. The van der Waals surface area contributed by atoms with E-state index in [-0.39, 0.29) is 24.4 Å². The minimum Gasteiger partial charge on any atom is -0.494 e. The molecule has 2 aromatic rings. The third-order valence-corrected chi connectivity index (χ3v) is 6.65. The molecule has 0 aliphatic carbocycles. The van der Waals surface area contributed by atoms with E-state index in [1.807, 2.05) is 30.1 Å². The minimum absolute atomic E-state index is 0.0159. The molecule has 3 heterocycles. The number of carbonyl (C=O) groups is 2. The van der Waals surface area contributed by atoms with Crippen LogP contribution in [0.3, 0.4) is 0 Å². The molecule has 1 atom stereocenters. The van der Waals surface area contributed by atoms with Crippen LogP contribution in [0, 0.1) is 0 Å². The molecule has 1 saturated heterocycles. The van der Waals surface area contributed by atoms with Crippen molar-refractivity contribution in [1.29, 1.82) is 0 Å². The van der Waals surface area contributed by atoms with Crippen LogP contribution in [0.1, 0.15) is 49.8 Å². The summed E-state index contributed by atoms with van der Waals surface area (Å²) in [6.07, 6.45) is 8.55. The van der Waals surface area contributed by atoms with Crippen molar-refractivity contribution >= 4 is 11.8 Å². The number of piperidine rings is 1. The van der Waals surface area contributed by atoms with Crippen molar-refractivity contribution in [2.75, 3.05) is 26.2 Å². The van der Waals surface area contributed by atoms with Gasteiger partial charge in [-0.15, -0.1) is 0 Å². The molecule has 0 N–H and O–H groups in total. The van der Waals surface area contributed by atoms with Crippen LogP contribution in [0.4, 0.5) is 0 Å². The zero-order valence-electron chi connectivity index (χ0n) is 19.0. The second-order valence-electron chi connectivity index (χ2n) is 8.89. The van der Waals surface area contributed by atoms with Gasteiger partial charge in [0, 0.05) is 44.5 Å². The molecule has 172 valence electrons. The highest BCUT2D eigenvalue weighted by Gasteiger charge is 2.29. The van der Waals surface area contributed by atoms with Gasteiger partial charge in [0.25, 0.3) is 0 Å². The third-order valence-electron chi connectivity index (χ3n) is 6.65. The highest BCUT2D eigenvalue weighted by Crippen LogP contribution is 2.23. The Kier molecular flexibility index (Phi) is 7.45. The molecule has 4 rings (SSSR count). The average molecular weight is 439 g/mol. The van der Waals surface area contributed by atoms with Crippen LogP contribution in [0.15, 0.2) is 36.5 Å². The van der Waals surface area contributed by atoms with E-state index >= 15 is 0 Å². The second-order valence-corrected chi connectivity index (χ2v) is 8.89. The van der Waals surface area contributed by atoms with E-state index in [1.54, 1.807) is 15.8 Å². The molecule has 2 aliphatic heterocycles. The van der Waals surface area contributed by atoms with Gasteiger partial charge in [-0.2, -0.15) is 5.10 Å². The Hall–Kier alpha value is -2.83. The SMILES string of the molecule is Cn1nccc1CCC(=O)N1CCCOc2cccc(c2)CCC2CCCCN2C(=O)C1. The van der Waals surface area contributed by atoms with E-state index in [2.05, 4.69) is 17.2 Å². The first-order valence-electron chi connectivity index (χ1n) is 11.9. The smallest absolute Gasteiger partial charge is 0.242 e. The predicted octanol–water partition coefficient (Wildman–Crippen LogP) is 2.98. The van der Waals surface area contributed by atoms with Gasteiger partial charge in [-0.05, 0) is 68.7 Å². The number of ether oxygens (including phenoxy) is 1. The van der Waals surface area contributed by atoms with Gasteiger partial charge in [0.2, 0.25) is 11.8 Å². The summed E-state index contributed by atoms with van der Waals surface area (Å²) in [4.78, 5) is 30.1. The normalized spacial score (nSPS) is 20.3. The fourth-order valence-corrected chi connectivity index (χ4v) is 4.78. The van der Waals surface area contributed by atoms with Crippen LogP contribution in [0.25, 0.3) is 0 Å². The van der Waals surface area contributed by atoms with Crippen LogP contribution in [-0.4, -0.2) is 63.7 Å². The lowest BCUT2D eigenvalue weighted by Gasteiger charge is -2.37. The fraction of sp³-hybridized carbons (Fsp3) is 0.560. The van der Waals surface area contributed by atoms with Gasteiger partial charge in [-0.3, -0.25) is 14.3 Å². The first kappa shape index (κ1) is 22.4. The number of fused-ring (bicyclic) bond motifs is 3. The standard InChI is InChI=1S/C25H34N4O3/c1-27-21(13-14-26-27)11-12-24(30)28-15-5-17-32-23-8-4-6-20(18-23)9-10-22-7-2-3-16-29(22)25(31)19-28/h4,6,8,13-14,18,22H,2-3,5,7,9-12,15-17,19H2,1H3. The molecule has 0 saturated carbocycles. The van der Waals surface area contributed by atoms with Crippen LogP contribution in [-0.2, 0) is 29.5 Å². The van der Waals surface area contributed by atoms with E-state index in [0.29, 0.717) is 32.4 Å². The van der Waals surface area contributed by atoms with E-state index < -0.39 is 0 Å². The maximum atomic E-state index is 13.3. The maximum absolute atomic E-state index is 13.3. The number of benzene rings is 1. The van der Waals surface area contributed by atoms with Crippen LogP contribution >= 0.6 is 0 Å². The first-order valence-corrected chi connectivity index (χ1v) is 11.9. The van der Waals surface area contributed by atoms with Gasteiger partial charge in [0.1, 0.15) is 5.75 Å². The lowest BCUT2D eigenvalue weighted by atomic mass is 9.95. The molecular formula is C25H34N4O3. The molecular weight excluding hydrogens is 404 g/mol. The maximum Gasteiger partial charge on any atom is 0.242 e. The highest BCUT2D eigenvalue weighted by atomic mass is 16.5. The Bertz CT molecular complexity index is 925. The van der Waals surface area contributed by atoms with Crippen molar-refractivity contribution in [3.8, 4) is 5.75 Å². The number of aryl methyl sites for hydroxylation is 3. The summed E-state index contributed by atoms with van der Waals surface area (Å²) in [5, 5.41) is 4.18. The summed E-state index contributed by atoms with van der Waals surface area (Å²) in [7, 11) is 1.88. The highest BCUT2D eigenvalue weighted by molar-refractivity contribution is 5.85. The Balaban J connectivity index is 1.48. The second kappa shape index (κ2) is 10.7. The molecule has 1 unspecified atom stereocenters. The summed E-state index contributed by atoms with van der Waals surface area (Å²) in [6.45, 7) is 2.00. The van der Waals surface area contributed by atoms with E-state index in [0.717, 1.165) is 50.1 Å². The Morgan fingerprint density at radius 3 is 2.91 bits per heavy atom. The molecule has 2 bridgehead atoms. The summed E-state index contributed by atoms with van der Waals surface area (Å²) >= 11 is 0. The van der Waals surface area contributed by atoms with Gasteiger partial charge in [0.05, 0.1) is 13.2 Å². The molecule has 2 amide bonds. The lowest BCUT2D eigenvalue weighted by Crippen LogP contribution is -2.49. The van der Waals surface area contributed by atoms with E-state index in [1.165, 1.54) is 5.56 Å². The monoisotopic (exact) mass is 438 g/mol. The summed E-state index contributed by atoms with van der Waals surface area (Å²) in [5.74, 6) is 0.975. The van der Waals surface area contributed by atoms with Gasteiger partial charge in [-0.25, -0.2) is 0 Å². The van der Waals surface area contributed by atoms with Crippen LogP contribution in [0.2, 0.25) is 0 Å². The molecule has 0 spiro atoms. The molecule has 2 aliphatic rings. The van der Waals surface area contributed by atoms with Crippen LogP contribution < -0.4 is 4.74 Å². The molecule has 1 aromatic heterocycles. The predicted molar refractivity (Wildman–Crippen MR) is 122 cm³/mol. The van der Waals surface area contributed by atoms with Gasteiger partial charge in [-0.1, -0.05) is 12.1 Å². The van der Waals surface area contributed by atoms with Gasteiger partial charge < -0.3 is 14.5 Å². The first-order chi connectivity index (χ1) is 15.6. The van der Waals surface area contributed by atoms with Crippen molar-refractivity contribution in [3.63, 3.8) is 0 Å². The Morgan fingerprint density at radius 2 is 2.06 bits per heavy atom. The largest absolute Gasteiger partial charge is 0.494 e. The quantitative estimate of drug-likeness (QED) is 0.739. The number of aromatic nitrogens is 2. The van der Waals surface area contributed by atoms with Crippen LogP contribution in [0.5, 0.6) is 5.75 Å². The average Bonchev–Trinajstić information content (AvgIpc) is 3.22. The molecule has 32 heavy (non-hydrogen) atoms. The zero-order chi connectivity index (χ0) is 22.3. The van der Waals surface area contributed by atoms with Crippen molar-refractivity contribution in [2.24, 2.45) is 7.05 Å². The summed E-state index contributed by atoms with van der Waals surface area (Å²) in [5.41, 5.74) is 2.27.